The van der Waals surface area contributed by atoms with Crippen LogP contribution in [0.25, 0.3) is 77.6 Å². The third-order valence-corrected chi connectivity index (χ3v) is 13.5. The van der Waals surface area contributed by atoms with Crippen LogP contribution in [-0.4, -0.2) is 0 Å². The Kier molecular flexibility index (Phi) is 7.85. The summed E-state index contributed by atoms with van der Waals surface area (Å²) in [4.78, 5) is 2.49. The molecular formula is C61H39NO. The van der Waals surface area contributed by atoms with Gasteiger partial charge in [0, 0.05) is 33.2 Å². The smallest absolute Gasteiger partial charge is 0.143 e. The van der Waals surface area contributed by atoms with Crippen LogP contribution in [0.4, 0.5) is 17.1 Å². The molecule has 0 radical (unpaired) electrons. The predicted octanol–water partition coefficient (Wildman–Crippen LogP) is 16.4. The summed E-state index contributed by atoms with van der Waals surface area (Å²) in [5, 5.41) is 2.23. The summed E-state index contributed by atoms with van der Waals surface area (Å²) in [6.07, 6.45) is 0. The normalized spacial score (nSPS) is 14.4. The van der Waals surface area contributed by atoms with E-state index in [0.29, 0.717) is 0 Å². The highest BCUT2D eigenvalue weighted by Gasteiger charge is 2.53. The highest BCUT2D eigenvalue weighted by Crippen LogP contribution is 2.66. The molecule has 1 heterocycles. The summed E-state index contributed by atoms with van der Waals surface area (Å²) in [5.74, 6) is 0. The van der Waals surface area contributed by atoms with Crippen molar-refractivity contribution >= 4 is 39.0 Å². The van der Waals surface area contributed by atoms with Gasteiger partial charge in [-0.15, -0.1) is 0 Å². The quantitative estimate of drug-likeness (QED) is 0.167. The SMILES string of the molecule is c1ccc(-c2ccc(N(c3ccccc3-c3cccc4c3oc3ccccc34)c3cccc4c3-c3ccccc3C43c4ccccc4-c4c(-c5ccccc5)cccc43)cc2)cc1. The maximum absolute atomic E-state index is 6.72. The van der Waals surface area contributed by atoms with Crippen molar-refractivity contribution < 1.29 is 4.42 Å². The van der Waals surface area contributed by atoms with Crippen molar-refractivity contribution in [3.05, 3.63) is 259 Å². The van der Waals surface area contributed by atoms with Gasteiger partial charge in [0.05, 0.1) is 16.8 Å². The molecule has 2 heteroatoms. The minimum absolute atomic E-state index is 0.527. The van der Waals surface area contributed by atoms with Crippen LogP contribution in [0.5, 0.6) is 0 Å². The number of furan rings is 1. The summed E-state index contributed by atoms with van der Waals surface area (Å²) in [7, 11) is 0. The lowest BCUT2D eigenvalue weighted by Gasteiger charge is -2.32. The van der Waals surface area contributed by atoms with E-state index in [9.17, 15) is 0 Å². The van der Waals surface area contributed by atoms with Crippen LogP contribution in [0, 0.1) is 0 Å². The lowest BCUT2D eigenvalue weighted by Crippen LogP contribution is -2.26. The van der Waals surface area contributed by atoms with Gasteiger partial charge in [0.1, 0.15) is 11.2 Å². The van der Waals surface area contributed by atoms with E-state index in [4.69, 9.17) is 4.42 Å². The number of rotatable bonds is 6. The Morgan fingerprint density at radius 1 is 0.302 bits per heavy atom. The Hall–Kier alpha value is -8.20. The Morgan fingerprint density at radius 2 is 0.794 bits per heavy atom. The molecule has 2 aliphatic carbocycles. The van der Waals surface area contributed by atoms with Crippen LogP contribution in [0.3, 0.4) is 0 Å². The first kappa shape index (κ1) is 35.5. The molecule has 2 aliphatic rings. The largest absolute Gasteiger partial charge is 0.455 e. The van der Waals surface area contributed by atoms with Gasteiger partial charge in [-0.25, -0.2) is 0 Å². The molecule has 11 aromatic rings. The molecule has 1 unspecified atom stereocenters. The van der Waals surface area contributed by atoms with Gasteiger partial charge >= 0.3 is 0 Å². The van der Waals surface area contributed by atoms with Gasteiger partial charge in [-0.1, -0.05) is 206 Å². The monoisotopic (exact) mass is 801 g/mol. The average Bonchev–Trinajstić information content (AvgIpc) is 4.00. The number of hydrogen-bond donors (Lipinski definition) is 0. The van der Waals surface area contributed by atoms with Crippen molar-refractivity contribution in [2.75, 3.05) is 4.90 Å². The molecule has 0 aliphatic heterocycles. The third-order valence-electron chi connectivity index (χ3n) is 13.5. The molecule has 1 aromatic heterocycles. The third kappa shape index (κ3) is 5.13. The molecule has 0 amide bonds. The zero-order chi connectivity index (χ0) is 41.5. The second kappa shape index (κ2) is 13.9. The Balaban J connectivity index is 1.10. The first-order chi connectivity index (χ1) is 31.3. The minimum Gasteiger partial charge on any atom is -0.455 e. The van der Waals surface area contributed by atoms with E-state index >= 15 is 0 Å². The van der Waals surface area contributed by atoms with Gasteiger partial charge in [-0.05, 0) is 91.5 Å². The topological polar surface area (TPSA) is 16.4 Å². The van der Waals surface area contributed by atoms with Crippen LogP contribution in [0.1, 0.15) is 22.3 Å². The summed E-state index contributed by atoms with van der Waals surface area (Å²) in [6, 6.07) is 86.4. The summed E-state index contributed by atoms with van der Waals surface area (Å²) < 4.78 is 6.72. The van der Waals surface area contributed by atoms with Crippen molar-refractivity contribution in [3.8, 4) is 55.6 Å². The molecule has 2 nitrogen and oxygen atoms in total. The van der Waals surface area contributed by atoms with Crippen molar-refractivity contribution in [2.24, 2.45) is 0 Å². The predicted molar refractivity (Wildman–Crippen MR) is 261 cm³/mol. The first-order valence-electron chi connectivity index (χ1n) is 21.8. The molecule has 0 fully saturated rings. The van der Waals surface area contributed by atoms with E-state index in [1.807, 2.05) is 6.07 Å². The van der Waals surface area contributed by atoms with Gasteiger partial charge < -0.3 is 9.32 Å². The molecule has 1 spiro atoms. The molecule has 0 saturated heterocycles. The fraction of sp³-hybridized carbons (Fsp3) is 0.0164. The lowest BCUT2D eigenvalue weighted by molar-refractivity contribution is 0.670. The molecule has 1 atom stereocenters. The molecule has 0 bridgehead atoms. The summed E-state index contributed by atoms with van der Waals surface area (Å²) in [5.41, 5.74) is 21.9. The summed E-state index contributed by atoms with van der Waals surface area (Å²) >= 11 is 0. The maximum atomic E-state index is 6.72. The van der Waals surface area contributed by atoms with Crippen LogP contribution in [-0.2, 0) is 5.41 Å². The van der Waals surface area contributed by atoms with Gasteiger partial charge in [0.15, 0.2) is 0 Å². The number of hydrogen-bond acceptors (Lipinski definition) is 2. The molecule has 13 rings (SSSR count). The van der Waals surface area contributed by atoms with Crippen molar-refractivity contribution in [1.82, 2.24) is 0 Å². The van der Waals surface area contributed by atoms with E-state index in [1.165, 1.54) is 66.8 Å². The highest BCUT2D eigenvalue weighted by molar-refractivity contribution is 6.11. The van der Waals surface area contributed by atoms with Crippen LogP contribution in [0.2, 0.25) is 0 Å². The van der Waals surface area contributed by atoms with Gasteiger partial charge in [-0.2, -0.15) is 0 Å². The highest BCUT2D eigenvalue weighted by atomic mass is 16.3. The lowest BCUT2D eigenvalue weighted by atomic mass is 9.70. The number of benzene rings is 10. The van der Waals surface area contributed by atoms with E-state index in [1.54, 1.807) is 0 Å². The minimum atomic E-state index is -0.527. The zero-order valence-electron chi connectivity index (χ0n) is 34.4. The second-order valence-electron chi connectivity index (χ2n) is 16.7. The van der Waals surface area contributed by atoms with Crippen molar-refractivity contribution in [3.63, 3.8) is 0 Å². The van der Waals surface area contributed by atoms with Crippen LogP contribution in [0.15, 0.2) is 241 Å². The van der Waals surface area contributed by atoms with Gasteiger partial charge in [-0.3, -0.25) is 0 Å². The number of fused-ring (bicyclic) bond motifs is 13. The van der Waals surface area contributed by atoms with Gasteiger partial charge in [0.25, 0.3) is 0 Å². The van der Waals surface area contributed by atoms with E-state index in [2.05, 4.69) is 235 Å². The van der Waals surface area contributed by atoms with Crippen molar-refractivity contribution in [1.29, 1.82) is 0 Å². The molecule has 63 heavy (non-hydrogen) atoms. The molecular weight excluding hydrogens is 763 g/mol. The maximum Gasteiger partial charge on any atom is 0.143 e. The fourth-order valence-corrected chi connectivity index (χ4v) is 11.0. The first-order valence-corrected chi connectivity index (χ1v) is 21.8. The molecule has 0 N–H and O–H groups in total. The Bertz CT molecular complexity index is 3570. The number of para-hydroxylation sites is 3. The van der Waals surface area contributed by atoms with E-state index < -0.39 is 5.41 Å². The average molecular weight is 802 g/mol. The Labute approximate surface area is 366 Å². The molecule has 294 valence electrons. The molecule has 0 saturated carbocycles. The standard InChI is InChI=1S/C61H39NO/c1-3-18-40(19-4-1)41-36-38-43(39-37-41)62(55-33-13-9-22-45(55)47-27-15-28-48-46-23-10-14-35-57(46)63-60(47)48)56-34-17-32-54-59(56)50-25-8-12-30-52(50)61(54)51-29-11-7-24-49(51)58-44(26-16-31-53(58)61)42-20-5-2-6-21-42/h1-39H. The Morgan fingerprint density at radius 3 is 1.56 bits per heavy atom. The van der Waals surface area contributed by atoms with Crippen molar-refractivity contribution in [2.45, 2.75) is 5.41 Å². The van der Waals surface area contributed by atoms with Crippen LogP contribution < -0.4 is 4.90 Å². The number of nitrogens with zero attached hydrogens (tertiary/aromatic N) is 1. The number of anilines is 3. The second-order valence-corrected chi connectivity index (χ2v) is 16.7. The fourth-order valence-electron chi connectivity index (χ4n) is 11.0. The van der Waals surface area contributed by atoms with Gasteiger partial charge in [0.2, 0.25) is 0 Å². The van der Waals surface area contributed by atoms with Crippen LogP contribution >= 0.6 is 0 Å². The van der Waals surface area contributed by atoms with E-state index in [0.717, 1.165) is 50.1 Å². The zero-order valence-corrected chi connectivity index (χ0v) is 34.4. The molecule has 10 aromatic carbocycles. The van der Waals surface area contributed by atoms with E-state index in [-0.39, 0.29) is 0 Å². The summed E-state index contributed by atoms with van der Waals surface area (Å²) in [6.45, 7) is 0.